The Labute approximate surface area is 91.1 Å². The van der Waals surface area contributed by atoms with Crippen molar-refractivity contribution in [2.75, 3.05) is 25.5 Å². The van der Waals surface area contributed by atoms with Gasteiger partial charge >= 0.3 is 0 Å². The van der Waals surface area contributed by atoms with Gasteiger partial charge in [-0.1, -0.05) is 19.1 Å². The molecule has 0 aliphatic rings. The van der Waals surface area contributed by atoms with Crippen LogP contribution in [-0.2, 0) is 0 Å². The molecule has 2 nitrogen and oxygen atoms in total. The second-order valence-electron chi connectivity index (χ2n) is 3.85. The third-order valence-electron chi connectivity index (χ3n) is 2.44. The number of nitrogens with one attached hydrogen (secondary N) is 1. The van der Waals surface area contributed by atoms with Gasteiger partial charge in [0.05, 0.1) is 5.69 Å². The van der Waals surface area contributed by atoms with Gasteiger partial charge in [0, 0.05) is 20.1 Å². The van der Waals surface area contributed by atoms with Crippen molar-refractivity contribution >= 4 is 5.69 Å². The highest BCUT2D eigenvalue weighted by Crippen LogP contribution is 2.27. The van der Waals surface area contributed by atoms with Gasteiger partial charge in [-0.15, -0.1) is 0 Å². The number of rotatable bonds is 4. The molecule has 0 heterocycles. The van der Waals surface area contributed by atoms with Crippen LogP contribution in [0.5, 0.6) is 0 Å². The zero-order valence-electron chi connectivity index (χ0n) is 9.84. The molecule has 0 spiro atoms. The first-order valence-electron chi connectivity index (χ1n) is 5.27. The standard InChI is InChI=1S/C12H19FN2/c1-5-14-9(2)10-7-6-8-11(13)12(10)15(3)4/h6-9,14H,5H2,1-4H3. The number of benzene rings is 1. The summed E-state index contributed by atoms with van der Waals surface area (Å²) in [7, 11) is 3.72. The van der Waals surface area contributed by atoms with E-state index >= 15 is 0 Å². The summed E-state index contributed by atoms with van der Waals surface area (Å²) in [5.41, 5.74) is 1.67. The largest absolute Gasteiger partial charge is 0.375 e. The van der Waals surface area contributed by atoms with Gasteiger partial charge in [0.1, 0.15) is 5.82 Å². The van der Waals surface area contributed by atoms with Crippen LogP contribution in [-0.4, -0.2) is 20.6 Å². The van der Waals surface area contributed by atoms with Gasteiger partial charge in [0.25, 0.3) is 0 Å². The highest BCUT2D eigenvalue weighted by molar-refractivity contribution is 5.55. The summed E-state index contributed by atoms with van der Waals surface area (Å²) in [6.07, 6.45) is 0. The summed E-state index contributed by atoms with van der Waals surface area (Å²) in [5.74, 6) is -0.165. The number of hydrogen-bond donors (Lipinski definition) is 1. The molecule has 0 fully saturated rings. The highest BCUT2D eigenvalue weighted by atomic mass is 19.1. The Morgan fingerprint density at radius 3 is 2.60 bits per heavy atom. The number of hydrogen-bond acceptors (Lipinski definition) is 2. The van der Waals surface area contributed by atoms with Gasteiger partial charge in [-0.05, 0) is 25.1 Å². The van der Waals surface area contributed by atoms with Crippen molar-refractivity contribution in [2.24, 2.45) is 0 Å². The Morgan fingerprint density at radius 1 is 1.40 bits per heavy atom. The average molecular weight is 210 g/mol. The normalized spacial score (nSPS) is 12.6. The maximum Gasteiger partial charge on any atom is 0.146 e. The van der Waals surface area contributed by atoms with E-state index in [0.29, 0.717) is 5.69 Å². The predicted molar refractivity (Wildman–Crippen MR) is 62.8 cm³/mol. The van der Waals surface area contributed by atoms with Crippen molar-refractivity contribution in [1.82, 2.24) is 5.32 Å². The van der Waals surface area contributed by atoms with Gasteiger partial charge in [-0.2, -0.15) is 0 Å². The molecule has 84 valence electrons. The molecule has 15 heavy (non-hydrogen) atoms. The molecule has 1 aromatic rings. The Balaban J connectivity index is 3.10. The van der Waals surface area contributed by atoms with E-state index in [1.54, 1.807) is 6.07 Å². The quantitative estimate of drug-likeness (QED) is 0.821. The van der Waals surface area contributed by atoms with Crippen LogP contribution >= 0.6 is 0 Å². The lowest BCUT2D eigenvalue weighted by atomic mass is 10.1. The van der Waals surface area contributed by atoms with Crippen LogP contribution in [0, 0.1) is 5.82 Å². The summed E-state index contributed by atoms with van der Waals surface area (Å²) >= 11 is 0. The number of anilines is 1. The van der Waals surface area contributed by atoms with Crippen molar-refractivity contribution in [3.05, 3.63) is 29.6 Å². The van der Waals surface area contributed by atoms with Crippen LogP contribution in [0.2, 0.25) is 0 Å². The van der Waals surface area contributed by atoms with E-state index in [4.69, 9.17) is 0 Å². The second-order valence-corrected chi connectivity index (χ2v) is 3.85. The molecule has 1 aromatic carbocycles. The second kappa shape index (κ2) is 5.12. The van der Waals surface area contributed by atoms with E-state index < -0.39 is 0 Å². The van der Waals surface area contributed by atoms with E-state index in [9.17, 15) is 4.39 Å². The third kappa shape index (κ3) is 2.69. The predicted octanol–water partition coefficient (Wildman–Crippen LogP) is 2.56. The summed E-state index contributed by atoms with van der Waals surface area (Å²) in [5, 5.41) is 3.29. The topological polar surface area (TPSA) is 15.3 Å². The fourth-order valence-corrected chi connectivity index (χ4v) is 1.77. The van der Waals surface area contributed by atoms with Crippen LogP contribution in [0.3, 0.4) is 0 Å². The minimum Gasteiger partial charge on any atom is -0.375 e. The molecule has 0 aliphatic carbocycles. The van der Waals surface area contributed by atoms with E-state index in [0.717, 1.165) is 12.1 Å². The summed E-state index contributed by atoms with van der Waals surface area (Å²) in [6, 6.07) is 5.39. The fourth-order valence-electron chi connectivity index (χ4n) is 1.77. The Morgan fingerprint density at radius 2 is 2.07 bits per heavy atom. The van der Waals surface area contributed by atoms with Crippen LogP contribution in [0.4, 0.5) is 10.1 Å². The van der Waals surface area contributed by atoms with Crippen molar-refractivity contribution in [3.63, 3.8) is 0 Å². The lowest BCUT2D eigenvalue weighted by Gasteiger charge is -2.22. The van der Waals surface area contributed by atoms with E-state index in [2.05, 4.69) is 5.32 Å². The lowest BCUT2D eigenvalue weighted by Crippen LogP contribution is -2.22. The molecule has 0 radical (unpaired) electrons. The first-order chi connectivity index (χ1) is 7.07. The smallest absolute Gasteiger partial charge is 0.146 e. The summed E-state index contributed by atoms with van der Waals surface area (Å²) in [6.45, 7) is 4.97. The zero-order chi connectivity index (χ0) is 11.4. The minimum atomic E-state index is -0.165. The molecule has 1 unspecified atom stereocenters. The van der Waals surface area contributed by atoms with E-state index in [1.165, 1.54) is 6.07 Å². The van der Waals surface area contributed by atoms with E-state index in [-0.39, 0.29) is 11.9 Å². The minimum absolute atomic E-state index is 0.165. The zero-order valence-corrected chi connectivity index (χ0v) is 9.84. The van der Waals surface area contributed by atoms with Crippen LogP contribution in [0.1, 0.15) is 25.5 Å². The number of halogens is 1. The van der Waals surface area contributed by atoms with Crippen LogP contribution in [0.15, 0.2) is 18.2 Å². The summed E-state index contributed by atoms with van der Waals surface area (Å²) < 4.78 is 13.6. The Bertz CT molecular complexity index is 323. The SMILES string of the molecule is CCNC(C)c1cccc(F)c1N(C)C. The molecule has 0 aliphatic heterocycles. The van der Waals surface area contributed by atoms with Crippen LogP contribution < -0.4 is 10.2 Å². The molecule has 0 amide bonds. The third-order valence-corrected chi connectivity index (χ3v) is 2.44. The molecule has 1 atom stereocenters. The van der Waals surface area contributed by atoms with Gasteiger partial charge < -0.3 is 10.2 Å². The number of para-hydroxylation sites is 1. The molecular formula is C12H19FN2. The van der Waals surface area contributed by atoms with E-state index in [1.807, 2.05) is 38.9 Å². The first-order valence-corrected chi connectivity index (χ1v) is 5.27. The molecule has 1 N–H and O–H groups in total. The van der Waals surface area contributed by atoms with Crippen molar-refractivity contribution < 1.29 is 4.39 Å². The molecule has 0 bridgehead atoms. The molecule has 0 saturated heterocycles. The first kappa shape index (κ1) is 12.0. The van der Waals surface area contributed by atoms with Gasteiger partial charge in [0.15, 0.2) is 0 Å². The fraction of sp³-hybridized carbons (Fsp3) is 0.500. The Hall–Kier alpha value is -1.09. The molecule has 0 aromatic heterocycles. The number of nitrogens with zero attached hydrogens (tertiary/aromatic N) is 1. The van der Waals surface area contributed by atoms with Crippen molar-refractivity contribution in [3.8, 4) is 0 Å². The van der Waals surface area contributed by atoms with Gasteiger partial charge in [-0.3, -0.25) is 0 Å². The van der Waals surface area contributed by atoms with Gasteiger partial charge in [0.2, 0.25) is 0 Å². The van der Waals surface area contributed by atoms with Gasteiger partial charge in [-0.25, -0.2) is 4.39 Å². The summed E-state index contributed by atoms with van der Waals surface area (Å²) in [4.78, 5) is 1.82. The molecule has 3 heteroatoms. The van der Waals surface area contributed by atoms with Crippen molar-refractivity contribution in [1.29, 1.82) is 0 Å². The molecule has 1 rings (SSSR count). The maximum atomic E-state index is 13.6. The van der Waals surface area contributed by atoms with Crippen LogP contribution in [0.25, 0.3) is 0 Å². The molecule has 0 saturated carbocycles. The van der Waals surface area contributed by atoms with Crippen molar-refractivity contribution in [2.45, 2.75) is 19.9 Å². The lowest BCUT2D eigenvalue weighted by molar-refractivity contribution is 0.582. The average Bonchev–Trinajstić information content (AvgIpc) is 2.17. The molecular weight excluding hydrogens is 191 g/mol. The monoisotopic (exact) mass is 210 g/mol. The Kier molecular flexibility index (Phi) is 4.09. The highest BCUT2D eigenvalue weighted by Gasteiger charge is 2.14. The maximum absolute atomic E-state index is 13.6.